The number of benzene rings is 1. The summed E-state index contributed by atoms with van der Waals surface area (Å²) in [5.41, 5.74) is 3.68. The lowest BCUT2D eigenvalue weighted by atomic mass is 10.1. The molecule has 1 aliphatic heterocycles. The van der Waals surface area contributed by atoms with E-state index in [4.69, 9.17) is 4.98 Å². The van der Waals surface area contributed by atoms with Crippen LogP contribution in [-0.4, -0.2) is 42.6 Å². The summed E-state index contributed by atoms with van der Waals surface area (Å²) in [7, 11) is 0. The van der Waals surface area contributed by atoms with Gasteiger partial charge in [0.15, 0.2) is 11.5 Å². The van der Waals surface area contributed by atoms with Crippen molar-refractivity contribution in [2.24, 2.45) is 0 Å². The molecule has 0 unspecified atom stereocenters. The molecule has 0 amide bonds. The van der Waals surface area contributed by atoms with Crippen LogP contribution in [0.1, 0.15) is 37.7 Å². The number of H-pyrrole nitrogens is 1. The Hall–Kier alpha value is -3.00. The number of aromatic amines is 1. The molecule has 1 aliphatic rings. The van der Waals surface area contributed by atoms with Gasteiger partial charge in [0, 0.05) is 12.6 Å². The fourth-order valence-electron chi connectivity index (χ4n) is 3.95. The van der Waals surface area contributed by atoms with Crippen LogP contribution in [0.25, 0.3) is 22.2 Å². The number of nitrogens with zero attached hydrogens (tertiary/aromatic N) is 5. The lowest BCUT2D eigenvalue weighted by Gasteiger charge is -2.28. The molecule has 27 heavy (non-hydrogen) atoms. The highest BCUT2D eigenvalue weighted by molar-refractivity contribution is 5.82. The summed E-state index contributed by atoms with van der Waals surface area (Å²) in [4.78, 5) is 20.9. The Bertz CT molecular complexity index is 1080. The standard InChI is InChI=1S/C19H22N8/c1-12(25-18-16-17(22-10-21-16)23-11-24-18)19-26-14-6-2-3-7-15(14)27(19)13-5-4-8-20-9-13/h2-3,6-7,10-13,20H,4-5,8-9H2,1H3,(H2,21,22,23,24,25)/t12-,13+/m0/s1. The molecule has 0 aliphatic carbocycles. The first-order valence-electron chi connectivity index (χ1n) is 9.39. The Morgan fingerprint density at radius 3 is 3.04 bits per heavy atom. The maximum atomic E-state index is 4.95. The van der Waals surface area contributed by atoms with Gasteiger partial charge in [0.05, 0.1) is 23.4 Å². The first kappa shape index (κ1) is 16.2. The van der Waals surface area contributed by atoms with Crippen LogP contribution in [0.15, 0.2) is 36.9 Å². The monoisotopic (exact) mass is 362 g/mol. The van der Waals surface area contributed by atoms with Crippen LogP contribution in [0.2, 0.25) is 0 Å². The molecule has 0 bridgehead atoms. The Balaban J connectivity index is 1.56. The predicted molar refractivity (Wildman–Crippen MR) is 105 cm³/mol. The molecule has 1 saturated heterocycles. The molecule has 8 heteroatoms. The minimum absolute atomic E-state index is 0.0193. The number of hydrogen-bond donors (Lipinski definition) is 3. The fourth-order valence-corrected chi connectivity index (χ4v) is 3.95. The molecule has 4 aromatic rings. The van der Waals surface area contributed by atoms with E-state index in [0.717, 1.165) is 42.0 Å². The van der Waals surface area contributed by atoms with E-state index in [9.17, 15) is 0 Å². The summed E-state index contributed by atoms with van der Waals surface area (Å²) in [6.45, 7) is 4.18. The van der Waals surface area contributed by atoms with Crippen molar-refractivity contribution in [1.82, 2.24) is 34.8 Å². The normalized spacial score (nSPS) is 18.8. The van der Waals surface area contributed by atoms with E-state index in [0.29, 0.717) is 11.9 Å². The van der Waals surface area contributed by atoms with E-state index in [2.05, 4.69) is 60.3 Å². The Morgan fingerprint density at radius 1 is 1.22 bits per heavy atom. The van der Waals surface area contributed by atoms with Crippen LogP contribution in [0.5, 0.6) is 0 Å². The summed E-state index contributed by atoms with van der Waals surface area (Å²) in [6, 6.07) is 8.74. The summed E-state index contributed by atoms with van der Waals surface area (Å²) < 4.78 is 2.39. The minimum Gasteiger partial charge on any atom is -0.358 e. The number of fused-ring (bicyclic) bond motifs is 2. The molecular weight excluding hydrogens is 340 g/mol. The maximum absolute atomic E-state index is 4.95. The van der Waals surface area contributed by atoms with Gasteiger partial charge in [0.2, 0.25) is 0 Å². The van der Waals surface area contributed by atoms with E-state index in [1.54, 1.807) is 12.7 Å². The number of para-hydroxylation sites is 2. The quantitative estimate of drug-likeness (QED) is 0.517. The van der Waals surface area contributed by atoms with Crippen LogP contribution in [-0.2, 0) is 0 Å². The van der Waals surface area contributed by atoms with Gasteiger partial charge in [-0.3, -0.25) is 0 Å². The minimum atomic E-state index is -0.0193. The maximum Gasteiger partial charge on any atom is 0.162 e. The van der Waals surface area contributed by atoms with Crippen molar-refractivity contribution in [3.8, 4) is 0 Å². The van der Waals surface area contributed by atoms with Crippen LogP contribution in [0, 0.1) is 0 Å². The molecule has 8 nitrogen and oxygen atoms in total. The summed E-state index contributed by atoms with van der Waals surface area (Å²) in [5.74, 6) is 1.74. The first-order chi connectivity index (χ1) is 13.3. The molecule has 5 rings (SSSR count). The van der Waals surface area contributed by atoms with Crippen molar-refractivity contribution in [2.45, 2.75) is 31.8 Å². The van der Waals surface area contributed by atoms with Crippen molar-refractivity contribution in [3.63, 3.8) is 0 Å². The average molecular weight is 362 g/mol. The molecule has 0 radical (unpaired) electrons. The highest BCUT2D eigenvalue weighted by Gasteiger charge is 2.24. The first-order valence-corrected chi connectivity index (χ1v) is 9.39. The molecule has 0 saturated carbocycles. The van der Waals surface area contributed by atoms with Gasteiger partial charge in [-0.25, -0.2) is 19.9 Å². The molecule has 138 valence electrons. The van der Waals surface area contributed by atoms with E-state index < -0.39 is 0 Å². The molecule has 3 N–H and O–H groups in total. The van der Waals surface area contributed by atoms with Crippen molar-refractivity contribution >= 4 is 28.0 Å². The third kappa shape index (κ3) is 2.82. The average Bonchev–Trinajstić information content (AvgIpc) is 3.34. The van der Waals surface area contributed by atoms with Crippen molar-refractivity contribution in [1.29, 1.82) is 0 Å². The fraction of sp³-hybridized carbons (Fsp3) is 0.368. The van der Waals surface area contributed by atoms with E-state index in [1.165, 1.54) is 11.9 Å². The molecule has 3 aromatic heterocycles. The molecular formula is C19H22N8. The van der Waals surface area contributed by atoms with Crippen LogP contribution < -0.4 is 10.6 Å². The zero-order valence-corrected chi connectivity index (χ0v) is 15.2. The van der Waals surface area contributed by atoms with Crippen molar-refractivity contribution in [3.05, 3.63) is 42.7 Å². The number of rotatable bonds is 4. The molecule has 1 fully saturated rings. The summed E-state index contributed by atoms with van der Waals surface area (Å²) >= 11 is 0. The number of hydrogen-bond acceptors (Lipinski definition) is 6. The highest BCUT2D eigenvalue weighted by Crippen LogP contribution is 2.30. The third-order valence-electron chi connectivity index (χ3n) is 5.22. The molecule has 4 heterocycles. The second-order valence-electron chi connectivity index (χ2n) is 7.02. The van der Waals surface area contributed by atoms with Gasteiger partial charge >= 0.3 is 0 Å². The van der Waals surface area contributed by atoms with E-state index in [-0.39, 0.29) is 6.04 Å². The number of piperidine rings is 1. The number of imidazole rings is 2. The molecule has 1 aromatic carbocycles. The Kier molecular flexibility index (Phi) is 3.97. The summed E-state index contributed by atoms with van der Waals surface area (Å²) in [5, 5.41) is 7.01. The van der Waals surface area contributed by atoms with E-state index in [1.807, 2.05) is 6.07 Å². The zero-order chi connectivity index (χ0) is 18.2. The van der Waals surface area contributed by atoms with Crippen LogP contribution >= 0.6 is 0 Å². The van der Waals surface area contributed by atoms with Gasteiger partial charge in [0.25, 0.3) is 0 Å². The number of nitrogens with one attached hydrogen (secondary N) is 3. The van der Waals surface area contributed by atoms with Gasteiger partial charge < -0.3 is 20.2 Å². The van der Waals surface area contributed by atoms with Crippen LogP contribution in [0.3, 0.4) is 0 Å². The summed E-state index contributed by atoms with van der Waals surface area (Å²) in [6.07, 6.45) is 5.52. The van der Waals surface area contributed by atoms with Crippen LogP contribution in [0.4, 0.5) is 5.82 Å². The third-order valence-corrected chi connectivity index (χ3v) is 5.22. The van der Waals surface area contributed by atoms with E-state index >= 15 is 0 Å². The molecule has 0 spiro atoms. The zero-order valence-electron chi connectivity index (χ0n) is 15.2. The number of anilines is 1. The van der Waals surface area contributed by atoms with Gasteiger partial charge in [-0.2, -0.15) is 0 Å². The number of aromatic nitrogens is 6. The van der Waals surface area contributed by atoms with Gasteiger partial charge in [-0.1, -0.05) is 12.1 Å². The smallest absolute Gasteiger partial charge is 0.162 e. The topological polar surface area (TPSA) is 96.3 Å². The van der Waals surface area contributed by atoms with Gasteiger partial charge in [0.1, 0.15) is 17.7 Å². The second kappa shape index (κ2) is 6.62. The van der Waals surface area contributed by atoms with Crippen molar-refractivity contribution in [2.75, 3.05) is 18.4 Å². The predicted octanol–water partition coefficient (Wildman–Crippen LogP) is 2.80. The Labute approximate surface area is 156 Å². The van der Waals surface area contributed by atoms with Crippen molar-refractivity contribution < 1.29 is 0 Å². The largest absolute Gasteiger partial charge is 0.358 e. The lowest BCUT2D eigenvalue weighted by molar-refractivity contribution is 0.367. The SMILES string of the molecule is C[C@H](Nc1ncnc2[nH]cnc12)c1nc2ccccc2n1[C@@H]1CCCNC1. The molecule has 2 atom stereocenters. The second-order valence-corrected chi connectivity index (χ2v) is 7.02. The van der Waals surface area contributed by atoms with Gasteiger partial charge in [-0.05, 0) is 38.4 Å². The highest BCUT2D eigenvalue weighted by atomic mass is 15.2. The lowest BCUT2D eigenvalue weighted by Crippen LogP contribution is -2.33. The Morgan fingerprint density at radius 2 is 2.15 bits per heavy atom. The van der Waals surface area contributed by atoms with Gasteiger partial charge in [-0.15, -0.1) is 0 Å².